The molecule has 23 heavy (non-hydrogen) atoms. The van der Waals surface area contributed by atoms with Gasteiger partial charge < -0.3 is 19.8 Å². The third-order valence-corrected chi connectivity index (χ3v) is 3.25. The van der Waals surface area contributed by atoms with E-state index in [1.54, 1.807) is 0 Å². The third-order valence-electron chi connectivity index (χ3n) is 3.25. The molecule has 0 bridgehead atoms. The van der Waals surface area contributed by atoms with Crippen LogP contribution in [-0.4, -0.2) is 54.3 Å². The molecular weight excluding hydrogens is 298 g/mol. The van der Waals surface area contributed by atoms with Gasteiger partial charge in [-0.3, -0.25) is 0 Å². The zero-order valence-electron chi connectivity index (χ0n) is 14.3. The van der Waals surface area contributed by atoms with Crippen molar-refractivity contribution in [1.82, 2.24) is 4.90 Å². The molecule has 0 saturated heterocycles. The van der Waals surface area contributed by atoms with E-state index in [1.165, 1.54) is 5.56 Å². The van der Waals surface area contributed by atoms with Crippen LogP contribution in [0.15, 0.2) is 24.3 Å². The van der Waals surface area contributed by atoms with Crippen molar-refractivity contribution in [2.75, 3.05) is 27.2 Å². The number of carboxylic acids is 2. The van der Waals surface area contributed by atoms with Crippen LogP contribution >= 0.6 is 0 Å². The van der Waals surface area contributed by atoms with Crippen LogP contribution in [0.5, 0.6) is 5.75 Å². The highest BCUT2D eigenvalue weighted by Crippen LogP contribution is 2.28. The van der Waals surface area contributed by atoms with Gasteiger partial charge in [0, 0.05) is 6.54 Å². The zero-order valence-corrected chi connectivity index (χ0v) is 14.3. The van der Waals surface area contributed by atoms with Crippen molar-refractivity contribution in [2.24, 2.45) is 0 Å². The highest BCUT2D eigenvalue weighted by atomic mass is 16.5. The minimum Gasteiger partial charge on any atom is -0.493 e. The van der Waals surface area contributed by atoms with E-state index in [9.17, 15) is 0 Å². The summed E-state index contributed by atoms with van der Waals surface area (Å²) in [4.78, 5) is 20.4. The summed E-state index contributed by atoms with van der Waals surface area (Å²) in [7, 11) is 4.18. The maximum Gasteiger partial charge on any atom is 0.414 e. The van der Waals surface area contributed by atoms with Crippen LogP contribution in [0.2, 0.25) is 0 Å². The van der Waals surface area contributed by atoms with E-state index in [0.29, 0.717) is 5.92 Å². The Kier molecular flexibility index (Phi) is 10.4. The first kappa shape index (κ1) is 20.9. The predicted molar refractivity (Wildman–Crippen MR) is 89.1 cm³/mol. The fraction of sp³-hybridized carbons (Fsp3) is 0.529. The Balaban J connectivity index is 0.000000688. The van der Waals surface area contributed by atoms with Crippen molar-refractivity contribution >= 4 is 11.9 Å². The van der Waals surface area contributed by atoms with Crippen LogP contribution in [0.4, 0.5) is 0 Å². The summed E-state index contributed by atoms with van der Waals surface area (Å²) >= 11 is 0. The summed E-state index contributed by atoms with van der Waals surface area (Å²) in [6.07, 6.45) is 2.22. The molecule has 0 aliphatic rings. The van der Waals surface area contributed by atoms with Gasteiger partial charge in [-0.25, -0.2) is 9.59 Å². The number of hydrogen-bond donors (Lipinski definition) is 2. The van der Waals surface area contributed by atoms with Gasteiger partial charge in [0.2, 0.25) is 0 Å². The lowest BCUT2D eigenvalue weighted by atomic mass is 9.98. The molecule has 0 amide bonds. The van der Waals surface area contributed by atoms with Crippen molar-refractivity contribution in [3.63, 3.8) is 0 Å². The zero-order chi connectivity index (χ0) is 17.8. The molecular formula is C17H27NO5. The molecule has 0 fully saturated rings. The van der Waals surface area contributed by atoms with Gasteiger partial charge in [-0.2, -0.15) is 0 Å². The molecule has 6 heteroatoms. The topological polar surface area (TPSA) is 87.1 Å². The average molecular weight is 325 g/mol. The van der Waals surface area contributed by atoms with E-state index in [2.05, 4.69) is 51.0 Å². The molecule has 1 rings (SSSR count). The molecule has 130 valence electrons. The largest absolute Gasteiger partial charge is 0.493 e. The second-order valence-corrected chi connectivity index (χ2v) is 5.46. The Morgan fingerprint density at radius 3 is 2.22 bits per heavy atom. The van der Waals surface area contributed by atoms with E-state index >= 15 is 0 Å². The second-order valence-electron chi connectivity index (χ2n) is 5.46. The number of rotatable bonds is 7. The van der Waals surface area contributed by atoms with Gasteiger partial charge in [0.25, 0.3) is 0 Å². The molecule has 1 aromatic rings. The van der Waals surface area contributed by atoms with Gasteiger partial charge in [0.1, 0.15) is 5.75 Å². The summed E-state index contributed by atoms with van der Waals surface area (Å²) in [5, 5.41) is 14.8. The number of para-hydroxylation sites is 1. The van der Waals surface area contributed by atoms with E-state index < -0.39 is 11.9 Å². The molecule has 0 radical (unpaired) electrons. The monoisotopic (exact) mass is 325 g/mol. The predicted octanol–water partition coefficient (Wildman–Crippen LogP) is 2.69. The Labute approximate surface area is 137 Å². The van der Waals surface area contributed by atoms with Gasteiger partial charge in [-0.15, -0.1) is 0 Å². The molecule has 0 aromatic heterocycles. The lowest BCUT2D eigenvalue weighted by Gasteiger charge is -2.16. The Morgan fingerprint density at radius 2 is 1.74 bits per heavy atom. The number of benzene rings is 1. The van der Waals surface area contributed by atoms with Gasteiger partial charge in [0.05, 0.1) is 6.61 Å². The van der Waals surface area contributed by atoms with Crippen molar-refractivity contribution < 1.29 is 24.5 Å². The van der Waals surface area contributed by atoms with E-state index in [4.69, 9.17) is 24.5 Å². The first-order valence-electron chi connectivity index (χ1n) is 7.62. The van der Waals surface area contributed by atoms with Gasteiger partial charge in [0.15, 0.2) is 0 Å². The van der Waals surface area contributed by atoms with Crippen molar-refractivity contribution in [3.8, 4) is 5.75 Å². The molecule has 1 unspecified atom stereocenters. The Morgan fingerprint density at radius 1 is 1.17 bits per heavy atom. The van der Waals surface area contributed by atoms with Crippen molar-refractivity contribution in [3.05, 3.63) is 29.8 Å². The van der Waals surface area contributed by atoms with Crippen LogP contribution in [-0.2, 0) is 9.59 Å². The number of carbonyl (C=O) groups is 2. The third kappa shape index (κ3) is 9.52. The summed E-state index contributed by atoms with van der Waals surface area (Å²) in [6.45, 7) is 6.34. The van der Waals surface area contributed by atoms with Gasteiger partial charge in [-0.05, 0) is 44.5 Å². The summed E-state index contributed by atoms with van der Waals surface area (Å²) < 4.78 is 5.88. The highest BCUT2D eigenvalue weighted by Gasteiger charge is 2.09. The lowest BCUT2D eigenvalue weighted by molar-refractivity contribution is -0.159. The molecule has 0 saturated carbocycles. The molecule has 2 N–H and O–H groups in total. The molecule has 6 nitrogen and oxygen atoms in total. The summed E-state index contributed by atoms with van der Waals surface area (Å²) in [5.41, 5.74) is 1.33. The first-order chi connectivity index (χ1) is 10.8. The fourth-order valence-electron chi connectivity index (χ4n) is 1.80. The maximum atomic E-state index is 9.10. The molecule has 1 aromatic carbocycles. The average Bonchev–Trinajstić information content (AvgIpc) is 2.51. The number of nitrogens with zero attached hydrogens (tertiary/aromatic N) is 1. The number of carboxylic acid groups (broad SMARTS) is 2. The van der Waals surface area contributed by atoms with E-state index in [-0.39, 0.29) is 0 Å². The summed E-state index contributed by atoms with van der Waals surface area (Å²) in [5.74, 6) is -2.02. The number of hydrogen-bond acceptors (Lipinski definition) is 4. The maximum absolute atomic E-state index is 9.10. The second kappa shape index (κ2) is 11.5. The minimum atomic E-state index is -1.82. The molecule has 0 aliphatic heterocycles. The van der Waals surface area contributed by atoms with Crippen molar-refractivity contribution in [2.45, 2.75) is 32.6 Å². The van der Waals surface area contributed by atoms with Crippen LogP contribution in [0, 0.1) is 0 Å². The smallest absolute Gasteiger partial charge is 0.414 e. The number of aliphatic carboxylic acids is 2. The Bertz CT molecular complexity index is 476. The molecule has 0 spiro atoms. The van der Waals surface area contributed by atoms with E-state index in [1.807, 2.05) is 6.07 Å². The summed E-state index contributed by atoms with van der Waals surface area (Å²) in [6, 6.07) is 8.40. The van der Waals surface area contributed by atoms with Crippen LogP contribution in [0.3, 0.4) is 0 Å². The normalized spacial score (nSPS) is 11.3. The van der Waals surface area contributed by atoms with Crippen LogP contribution in [0.25, 0.3) is 0 Å². The van der Waals surface area contributed by atoms with Gasteiger partial charge in [-0.1, -0.05) is 32.0 Å². The van der Waals surface area contributed by atoms with Crippen molar-refractivity contribution in [1.29, 1.82) is 0 Å². The standard InChI is InChI=1S/C15H25NO.C2H2O4/c1-5-13(2)14-9-6-7-10-15(14)17-12-8-11-16(3)4;3-1(4)2(5)6/h6-7,9-10,13H,5,8,11-12H2,1-4H3;(H,3,4)(H,5,6). The lowest BCUT2D eigenvalue weighted by Crippen LogP contribution is -2.15. The van der Waals surface area contributed by atoms with Crippen LogP contribution in [0.1, 0.15) is 38.2 Å². The minimum absolute atomic E-state index is 0.569. The van der Waals surface area contributed by atoms with E-state index in [0.717, 1.165) is 31.7 Å². The first-order valence-corrected chi connectivity index (χ1v) is 7.62. The number of ether oxygens (including phenoxy) is 1. The van der Waals surface area contributed by atoms with Gasteiger partial charge >= 0.3 is 11.9 Å². The highest BCUT2D eigenvalue weighted by molar-refractivity contribution is 6.27. The molecule has 0 heterocycles. The molecule has 0 aliphatic carbocycles. The quantitative estimate of drug-likeness (QED) is 0.592. The fourth-order valence-corrected chi connectivity index (χ4v) is 1.80. The molecule has 1 atom stereocenters. The Hall–Kier alpha value is -2.08. The van der Waals surface area contributed by atoms with Crippen LogP contribution < -0.4 is 4.74 Å². The SMILES string of the molecule is CCC(C)c1ccccc1OCCCN(C)C.O=C(O)C(=O)O.